The lowest BCUT2D eigenvalue weighted by Crippen LogP contribution is -2.72. The third-order valence-electron chi connectivity index (χ3n) is 3.70. The minimum Gasteiger partial charge on any atom is -0.480 e. The first-order valence-electron chi connectivity index (χ1n) is 7.57. The van der Waals surface area contributed by atoms with Crippen LogP contribution in [0, 0.1) is 0 Å². The van der Waals surface area contributed by atoms with Crippen molar-refractivity contribution in [3.05, 3.63) is 0 Å². The fourth-order valence-electron chi connectivity index (χ4n) is 1.81. The lowest BCUT2D eigenvalue weighted by atomic mass is 9.98. The maximum Gasteiger partial charge on any atom is 0.460 e. The van der Waals surface area contributed by atoms with Gasteiger partial charge in [0.15, 0.2) is 0 Å². The van der Waals surface area contributed by atoms with Crippen molar-refractivity contribution in [3.63, 3.8) is 0 Å². The summed E-state index contributed by atoms with van der Waals surface area (Å²) in [6, 6.07) is -2.74. The molecule has 2 N–H and O–H groups in total. The van der Waals surface area contributed by atoms with Crippen molar-refractivity contribution in [1.82, 2.24) is 9.62 Å². The number of nitrogens with one attached hydrogen (secondary N) is 1. The highest BCUT2D eigenvalue weighted by atomic mass is 32.2. The first-order chi connectivity index (χ1) is 13.7. The molecule has 0 rings (SSSR count). The SMILES string of the molecule is CN(C)CCC(NS(=O)(=O)C(F)(F)C(F)(F)C(F)(F)C(F)(F)C(F)(F)C(F)(F)F)C(=O)O. The number of hydrogen-bond acceptors (Lipinski definition) is 4. The number of carboxylic acid groups (broad SMARTS) is 1. The topological polar surface area (TPSA) is 86.7 Å². The van der Waals surface area contributed by atoms with Crippen LogP contribution in [0.5, 0.6) is 0 Å². The van der Waals surface area contributed by atoms with Gasteiger partial charge in [0.25, 0.3) is 10.0 Å². The van der Waals surface area contributed by atoms with Crippen molar-refractivity contribution in [2.75, 3.05) is 20.6 Å². The van der Waals surface area contributed by atoms with E-state index in [-0.39, 0.29) is 0 Å². The van der Waals surface area contributed by atoms with Gasteiger partial charge in [0.05, 0.1) is 0 Å². The molecule has 0 aromatic heterocycles. The molecular weight excluding hydrogens is 515 g/mol. The van der Waals surface area contributed by atoms with Crippen LogP contribution in [0.3, 0.4) is 0 Å². The zero-order chi connectivity index (χ0) is 26.4. The Balaban J connectivity index is 6.44. The molecule has 0 aromatic rings. The Bertz CT molecular complexity index is 795. The molecule has 20 heteroatoms. The molecule has 32 heavy (non-hydrogen) atoms. The standard InChI is InChI=1S/C12H13F13N2O4S/c1-27(2)4-3-5(6(28)29)26-32(30,31)12(24,25)10(19,20)8(15,16)7(13,14)9(17,18)11(21,22)23/h5,26H,3-4H2,1-2H3,(H,28,29). The maximum atomic E-state index is 13.8. The van der Waals surface area contributed by atoms with Gasteiger partial charge >= 0.3 is 41.1 Å². The molecule has 1 unspecified atom stereocenters. The van der Waals surface area contributed by atoms with Crippen molar-refractivity contribution in [3.8, 4) is 0 Å². The van der Waals surface area contributed by atoms with Crippen LogP contribution in [0.25, 0.3) is 0 Å². The molecule has 0 fully saturated rings. The molecule has 0 spiro atoms. The Morgan fingerprint density at radius 1 is 0.812 bits per heavy atom. The van der Waals surface area contributed by atoms with E-state index in [0.29, 0.717) is 4.72 Å². The molecule has 0 saturated heterocycles. The molecule has 192 valence electrons. The van der Waals surface area contributed by atoms with Gasteiger partial charge in [0.1, 0.15) is 6.04 Å². The van der Waals surface area contributed by atoms with Gasteiger partial charge < -0.3 is 10.0 Å². The summed E-state index contributed by atoms with van der Waals surface area (Å²) in [5.74, 6) is -35.1. The molecule has 0 radical (unpaired) electrons. The molecule has 6 nitrogen and oxygen atoms in total. The maximum absolute atomic E-state index is 13.8. The number of alkyl halides is 13. The van der Waals surface area contributed by atoms with E-state index in [0.717, 1.165) is 4.90 Å². The third kappa shape index (κ3) is 4.85. The van der Waals surface area contributed by atoms with E-state index in [4.69, 9.17) is 5.11 Å². The summed E-state index contributed by atoms with van der Waals surface area (Å²) in [6.07, 6.45) is -8.63. The van der Waals surface area contributed by atoms with E-state index in [2.05, 4.69) is 0 Å². The summed E-state index contributed by atoms with van der Waals surface area (Å²) in [4.78, 5) is 12.0. The minimum atomic E-state index is -8.32. The lowest BCUT2D eigenvalue weighted by molar-refractivity contribution is -0.433. The molecule has 0 bridgehead atoms. The monoisotopic (exact) mass is 528 g/mol. The number of sulfonamides is 1. The Morgan fingerprint density at radius 2 is 1.19 bits per heavy atom. The van der Waals surface area contributed by atoms with E-state index in [1.807, 2.05) is 0 Å². The Kier molecular flexibility index (Phi) is 8.23. The minimum absolute atomic E-state index is 0.315. The van der Waals surface area contributed by atoms with Gasteiger partial charge in [-0.25, -0.2) is 8.42 Å². The zero-order valence-electron chi connectivity index (χ0n) is 15.4. The van der Waals surface area contributed by atoms with Gasteiger partial charge in [0, 0.05) is 0 Å². The largest absolute Gasteiger partial charge is 0.480 e. The van der Waals surface area contributed by atoms with E-state index in [1.54, 1.807) is 0 Å². The summed E-state index contributed by atoms with van der Waals surface area (Å²) in [5, 5.41) is 1.23. The molecule has 0 aliphatic carbocycles. The molecule has 0 aliphatic rings. The number of rotatable bonds is 11. The fourth-order valence-corrected chi connectivity index (χ4v) is 3.01. The highest BCUT2D eigenvalue weighted by Crippen LogP contribution is 2.60. The number of hydrogen-bond donors (Lipinski definition) is 2. The molecule has 0 aromatic carbocycles. The summed E-state index contributed by atoms with van der Waals surface area (Å²) in [5.41, 5.74) is 0. The number of aliphatic carboxylic acids is 1. The van der Waals surface area contributed by atoms with Crippen LogP contribution >= 0.6 is 0 Å². The highest BCUT2D eigenvalue weighted by molar-refractivity contribution is 7.90. The van der Waals surface area contributed by atoms with Crippen LogP contribution in [-0.4, -0.2) is 86.2 Å². The number of nitrogens with zero attached hydrogens (tertiary/aromatic N) is 1. The van der Waals surface area contributed by atoms with Gasteiger partial charge in [-0.05, 0) is 27.1 Å². The molecular formula is C12H13F13N2O4S. The Morgan fingerprint density at radius 3 is 1.50 bits per heavy atom. The first kappa shape index (κ1) is 30.4. The van der Waals surface area contributed by atoms with Crippen molar-refractivity contribution >= 4 is 16.0 Å². The summed E-state index contributed by atoms with van der Waals surface area (Å²) in [7, 11) is -4.96. The van der Waals surface area contributed by atoms with Crippen LogP contribution in [0.1, 0.15) is 6.42 Å². The molecule has 0 saturated carbocycles. The van der Waals surface area contributed by atoms with Crippen LogP contribution in [0.15, 0.2) is 0 Å². The summed E-state index contributed by atoms with van der Waals surface area (Å²) in [6.45, 7) is -0.451. The van der Waals surface area contributed by atoms with Crippen molar-refractivity contribution in [1.29, 1.82) is 0 Å². The smallest absolute Gasteiger partial charge is 0.460 e. The molecule has 0 heterocycles. The van der Waals surface area contributed by atoms with E-state index < -0.39 is 70.1 Å². The van der Waals surface area contributed by atoms with E-state index in [1.165, 1.54) is 14.1 Å². The van der Waals surface area contributed by atoms with Crippen molar-refractivity contribution in [2.24, 2.45) is 0 Å². The average molecular weight is 528 g/mol. The fraction of sp³-hybridized carbons (Fsp3) is 0.917. The highest BCUT2D eigenvalue weighted by Gasteiger charge is 2.92. The quantitative estimate of drug-likeness (QED) is 0.403. The van der Waals surface area contributed by atoms with Crippen LogP contribution in [-0.2, 0) is 14.8 Å². The molecule has 0 aliphatic heterocycles. The Hall–Kier alpha value is -1.57. The third-order valence-corrected chi connectivity index (χ3v) is 5.23. The Labute approximate surface area is 170 Å². The second-order valence-electron chi connectivity index (χ2n) is 6.42. The van der Waals surface area contributed by atoms with Crippen molar-refractivity contribution < 1.29 is 75.4 Å². The van der Waals surface area contributed by atoms with E-state index >= 15 is 0 Å². The van der Waals surface area contributed by atoms with Gasteiger partial charge in [-0.2, -0.15) is 61.8 Å². The van der Waals surface area contributed by atoms with Gasteiger partial charge in [-0.3, -0.25) is 4.79 Å². The van der Waals surface area contributed by atoms with Crippen molar-refractivity contribution in [2.45, 2.75) is 47.6 Å². The summed E-state index contributed by atoms with van der Waals surface area (Å²) >= 11 is 0. The van der Waals surface area contributed by atoms with Gasteiger partial charge in [-0.1, -0.05) is 0 Å². The predicted octanol–water partition coefficient (Wildman–Crippen LogP) is 3.01. The summed E-state index contributed by atoms with van der Waals surface area (Å²) < 4.78 is 193. The molecule has 0 amide bonds. The number of carboxylic acids is 1. The normalized spacial score (nSPS) is 16.4. The average Bonchev–Trinajstić information content (AvgIpc) is 2.56. The second kappa shape index (κ2) is 8.65. The number of halogens is 13. The van der Waals surface area contributed by atoms with Gasteiger partial charge in [-0.15, -0.1) is 0 Å². The molecule has 1 atom stereocenters. The number of carbonyl (C=O) groups is 1. The first-order valence-corrected chi connectivity index (χ1v) is 9.06. The van der Waals surface area contributed by atoms with Crippen LogP contribution in [0.2, 0.25) is 0 Å². The van der Waals surface area contributed by atoms with Crippen LogP contribution < -0.4 is 4.72 Å². The zero-order valence-corrected chi connectivity index (χ0v) is 16.2. The van der Waals surface area contributed by atoms with Crippen LogP contribution in [0.4, 0.5) is 57.1 Å². The lowest BCUT2D eigenvalue weighted by Gasteiger charge is -2.39. The van der Waals surface area contributed by atoms with Gasteiger partial charge in [0.2, 0.25) is 0 Å². The second-order valence-corrected chi connectivity index (χ2v) is 8.17. The van der Waals surface area contributed by atoms with E-state index in [9.17, 15) is 70.3 Å². The predicted molar refractivity (Wildman–Crippen MR) is 77.4 cm³/mol.